The minimum Gasteiger partial charge on any atom is -0.490 e. The standard InChI is InChI=1S/C40H47N3O2/c1-41-26-28-43(29-27-41)39(34-16-9-4-10-17-34)20-21-40(44)35-18-11-19-37(30-35)45-36-22-24-42(25-23-36)31-38(32-12-5-2-6-13-32)33-14-7-3-8-15-33/h2-19,30,36,38-39H,20-29,31H2,1H3. The Labute approximate surface area is 269 Å². The molecule has 1 unspecified atom stereocenters. The van der Waals surface area contributed by atoms with Gasteiger partial charge in [-0.1, -0.05) is 103 Å². The van der Waals surface area contributed by atoms with Crippen molar-refractivity contribution in [1.82, 2.24) is 14.7 Å². The van der Waals surface area contributed by atoms with Crippen LogP contribution in [0, 0.1) is 0 Å². The first-order chi connectivity index (χ1) is 22.1. The SMILES string of the molecule is CN1CCN(C(CCC(=O)c2cccc(OC3CCN(CC(c4ccccc4)c4ccccc4)CC3)c2)c2ccccc2)CC1. The van der Waals surface area contributed by atoms with Crippen molar-refractivity contribution in [2.75, 3.05) is 52.9 Å². The zero-order valence-corrected chi connectivity index (χ0v) is 26.6. The van der Waals surface area contributed by atoms with Gasteiger partial charge in [-0.3, -0.25) is 9.69 Å². The van der Waals surface area contributed by atoms with Gasteiger partial charge in [-0.05, 0) is 55.1 Å². The third kappa shape index (κ3) is 8.49. The summed E-state index contributed by atoms with van der Waals surface area (Å²) in [5.41, 5.74) is 4.78. The number of benzene rings is 4. The third-order valence-corrected chi connectivity index (χ3v) is 9.65. The van der Waals surface area contributed by atoms with Gasteiger partial charge in [0.1, 0.15) is 11.9 Å². The summed E-state index contributed by atoms with van der Waals surface area (Å²) in [5, 5.41) is 0. The van der Waals surface area contributed by atoms with Crippen molar-refractivity contribution in [3.63, 3.8) is 0 Å². The molecule has 0 radical (unpaired) electrons. The molecule has 1 atom stereocenters. The highest BCUT2D eigenvalue weighted by Crippen LogP contribution is 2.30. The summed E-state index contributed by atoms with van der Waals surface area (Å²) >= 11 is 0. The van der Waals surface area contributed by atoms with Crippen LogP contribution in [-0.4, -0.2) is 79.4 Å². The smallest absolute Gasteiger partial charge is 0.163 e. The first-order valence-electron chi connectivity index (χ1n) is 16.7. The van der Waals surface area contributed by atoms with Crippen LogP contribution >= 0.6 is 0 Å². The quantitative estimate of drug-likeness (QED) is 0.159. The zero-order valence-electron chi connectivity index (χ0n) is 26.6. The largest absolute Gasteiger partial charge is 0.490 e. The van der Waals surface area contributed by atoms with Gasteiger partial charge < -0.3 is 14.5 Å². The number of carbonyl (C=O) groups excluding carboxylic acids is 1. The van der Waals surface area contributed by atoms with Gasteiger partial charge in [0.15, 0.2) is 5.78 Å². The molecule has 0 aliphatic carbocycles. The number of piperazine rings is 1. The Bertz CT molecular complexity index is 1420. The molecule has 2 aliphatic rings. The Kier molecular flexibility index (Phi) is 10.7. The Morgan fingerprint density at radius 2 is 1.29 bits per heavy atom. The lowest BCUT2D eigenvalue weighted by Crippen LogP contribution is -2.46. The predicted molar refractivity (Wildman–Crippen MR) is 183 cm³/mol. The zero-order chi connectivity index (χ0) is 30.8. The number of piperidine rings is 1. The highest BCUT2D eigenvalue weighted by atomic mass is 16.5. The summed E-state index contributed by atoms with van der Waals surface area (Å²) in [6.45, 7) is 7.21. The summed E-state index contributed by atoms with van der Waals surface area (Å²) < 4.78 is 6.48. The molecule has 0 spiro atoms. The lowest BCUT2D eigenvalue weighted by Gasteiger charge is -2.38. The topological polar surface area (TPSA) is 36.0 Å². The second-order valence-electron chi connectivity index (χ2n) is 12.7. The fraction of sp³-hybridized carbons (Fsp3) is 0.375. The maximum atomic E-state index is 13.5. The molecule has 0 amide bonds. The van der Waals surface area contributed by atoms with Gasteiger partial charge in [-0.15, -0.1) is 0 Å². The average Bonchev–Trinajstić information content (AvgIpc) is 3.10. The van der Waals surface area contributed by atoms with Gasteiger partial charge in [0, 0.05) is 69.8 Å². The summed E-state index contributed by atoms with van der Waals surface area (Å²) in [4.78, 5) is 21.0. The van der Waals surface area contributed by atoms with Crippen molar-refractivity contribution in [3.8, 4) is 5.75 Å². The minimum atomic E-state index is 0.165. The number of ether oxygens (including phenoxy) is 1. The highest BCUT2D eigenvalue weighted by Gasteiger charge is 2.26. The van der Waals surface area contributed by atoms with E-state index in [0.717, 1.165) is 76.4 Å². The van der Waals surface area contributed by atoms with Crippen LogP contribution in [0.4, 0.5) is 0 Å². The van der Waals surface area contributed by atoms with Crippen molar-refractivity contribution in [2.24, 2.45) is 0 Å². The molecule has 0 bridgehead atoms. The number of likely N-dealkylation sites (N-methyl/N-ethyl adjacent to an activating group) is 1. The third-order valence-electron chi connectivity index (χ3n) is 9.65. The molecule has 2 fully saturated rings. The molecule has 2 aliphatic heterocycles. The lowest BCUT2D eigenvalue weighted by atomic mass is 9.90. The molecule has 5 nitrogen and oxygen atoms in total. The van der Waals surface area contributed by atoms with Crippen molar-refractivity contribution < 1.29 is 9.53 Å². The van der Waals surface area contributed by atoms with Crippen LogP contribution in [0.5, 0.6) is 5.75 Å². The molecule has 5 heteroatoms. The van der Waals surface area contributed by atoms with E-state index in [0.29, 0.717) is 12.3 Å². The first kappa shape index (κ1) is 31.2. The Hall–Kier alpha value is -3.77. The van der Waals surface area contributed by atoms with E-state index in [-0.39, 0.29) is 17.9 Å². The van der Waals surface area contributed by atoms with Crippen LogP contribution in [-0.2, 0) is 0 Å². The Morgan fingerprint density at radius 1 is 0.711 bits per heavy atom. The molecule has 234 valence electrons. The fourth-order valence-corrected chi connectivity index (χ4v) is 6.96. The number of rotatable bonds is 12. The van der Waals surface area contributed by atoms with Crippen LogP contribution in [0.1, 0.15) is 64.7 Å². The monoisotopic (exact) mass is 601 g/mol. The molecule has 0 N–H and O–H groups in total. The van der Waals surface area contributed by atoms with Crippen LogP contribution < -0.4 is 4.74 Å². The van der Waals surface area contributed by atoms with Crippen LogP contribution in [0.25, 0.3) is 0 Å². The Morgan fingerprint density at radius 3 is 1.89 bits per heavy atom. The molecule has 0 aromatic heterocycles. The number of nitrogens with zero attached hydrogens (tertiary/aromatic N) is 3. The second kappa shape index (κ2) is 15.5. The van der Waals surface area contributed by atoms with Crippen LogP contribution in [0.2, 0.25) is 0 Å². The van der Waals surface area contributed by atoms with E-state index < -0.39 is 0 Å². The normalized spacial score (nSPS) is 17.7. The number of likely N-dealkylation sites (tertiary alicyclic amines) is 1. The molecular weight excluding hydrogens is 554 g/mol. The first-order valence-corrected chi connectivity index (χ1v) is 16.7. The Balaban J connectivity index is 1.03. The van der Waals surface area contributed by atoms with E-state index in [9.17, 15) is 4.79 Å². The van der Waals surface area contributed by atoms with E-state index in [1.807, 2.05) is 24.3 Å². The maximum Gasteiger partial charge on any atom is 0.163 e. The molecule has 6 rings (SSSR count). The van der Waals surface area contributed by atoms with Crippen LogP contribution in [0.15, 0.2) is 115 Å². The maximum absolute atomic E-state index is 13.5. The van der Waals surface area contributed by atoms with E-state index in [2.05, 4.69) is 113 Å². The van der Waals surface area contributed by atoms with Crippen molar-refractivity contribution in [1.29, 1.82) is 0 Å². The van der Waals surface area contributed by atoms with Gasteiger partial charge in [-0.25, -0.2) is 0 Å². The molecule has 45 heavy (non-hydrogen) atoms. The van der Waals surface area contributed by atoms with Crippen molar-refractivity contribution in [2.45, 2.75) is 43.7 Å². The number of hydrogen-bond acceptors (Lipinski definition) is 5. The summed E-state index contributed by atoms with van der Waals surface area (Å²) in [6.07, 6.45) is 3.48. The summed E-state index contributed by atoms with van der Waals surface area (Å²) in [7, 11) is 2.18. The lowest BCUT2D eigenvalue weighted by molar-refractivity contribution is 0.0894. The highest BCUT2D eigenvalue weighted by molar-refractivity contribution is 5.96. The van der Waals surface area contributed by atoms with Gasteiger partial charge >= 0.3 is 0 Å². The number of hydrogen-bond donors (Lipinski definition) is 0. The molecule has 2 heterocycles. The minimum absolute atomic E-state index is 0.165. The number of carbonyl (C=O) groups is 1. The molecule has 4 aromatic carbocycles. The second-order valence-corrected chi connectivity index (χ2v) is 12.7. The van der Waals surface area contributed by atoms with E-state index in [1.54, 1.807) is 0 Å². The fourth-order valence-electron chi connectivity index (χ4n) is 6.96. The van der Waals surface area contributed by atoms with Gasteiger partial charge in [0.05, 0.1) is 0 Å². The number of ketones is 1. The average molecular weight is 602 g/mol. The van der Waals surface area contributed by atoms with Gasteiger partial charge in [-0.2, -0.15) is 0 Å². The van der Waals surface area contributed by atoms with Crippen molar-refractivity contribution >= 4 is 5.78 Å². The van der Waals surface area contributed by atoms with E-state index >= 15 is 0 Å². The summed E-state index contributed by atoms with van der Waals surface area (Å²) in [6, 6.07) is 40.5. The number of Topliss-reactive ketones (excluding diaryl/α,β-unsaturated/α-hetero) is 1. The van der Waals surface area contributed by atoms with E-state index in [4.69, 9.17) is 4.74 Å². The van der Waals surface area contributed by atoms with Gasteiger partial charge in [0.2, 0.25) is 0 Å². The van der Waals surface area contributed by atoms with Crippen LogP contribution in [0.3, 0.4) is 0 Å². The van der Waals surface area contributed by atoms with E-state index in [1.165, 1.54) is 16.7 Å². The van der Waals surface area contributed by atoms with Crippen molar-refractivity contribution in [3.05, 3.63) is 138 Å². The predicted octanol–water partition coefficient (Wildman–Crippen LogP) is 7.31. The van der Waals surface area contributed by atoms with Gasteiger partial charge in [0.25, 0.3) is 0 Å². The summed E-state index contributed by atoms with van der Waals surface area (Å²) in [5.74, 6) is 1.35. The molecule has 2 saturated heterocycles. The molecule has 0 saturated carbocycles. The molecular formula is C40H47N3O2. The molecule has 4 aromatic rings.